The van der Waals surface area contributed by atoms with Crippen LogP contribution in [0.5, 0.6) is 0 Å². The second-order valence-electron chi connectivity index (χ2n) is 5.86. The molecule has 2 fully saturated rings. The summed E-state index contributed by atoms with van der Waals surface area (Å²) in [6.07, 6.45) is 4.98. The van der Waals surface area contributed by atoms with Gasteiger partial charge in [0.05, 0.1) is 11.6 Å². The smallest absolute Gasteiger partial charge is 0.256 e. The molecule has 1 N–H and O–H groups in total. The minimum Gasteiger partial charge on any atom is -0.378 e. The maximum absolute atomic E-state index is 12.6. The van der Waals surface area contributed by atoms with Gasteiger partial charge in [0.15, 0.2) is 5.60 Å². The lowest BCUT2D eigenvalue weighted by atomic mass is 9.91. The van der Waals surface area contributed by atoms with Crippen LogP contribution < -0.4 is 4.90 Å². The number of carbonyl (C=O) groups excluding carboxylic acids is 1. The Morgan fingerprint density at radius 3 is 2.76 bits per heavy atom. The molecule has 114 valence electrons. The van der Waals surface area contributed by atoms with E-state index >= 15 is 0 Å². The summed E-state index contributed by atoms with van der Waals surface area (Å²) in [4.78, 5) is 20.6. The van der Waals surface area contributed by atoms with Gasteiger partial charge in [-0.3, -0.25) is 4.79 Å². The standard InChI is InChI=1S/C15H20ClN3O2/c16-12-5-3-7-17-13(12)19-10-4-6-15(21,11-19)14(20)18-8-1-2-9-18/h3,5,7,21H,1-2,4,6,8-11H2. The predicted molar refractivity (Wildman–Crippen MR) is 81.5 cm³/mol. The van der Waals surface area contributed by atoms with Crippen molar-refractivity contribution in [2.24, 2.45) is 0 Å². The molecule has 1 unspecified atom stereocenters. The Morgan fingerprint density at radius 1 is 1.29 bits per heavy atom. The highest BCUT2D eigenvalue weighted by Crippen LogP contribution is 2.31. The number of β-amino-alcohol motifs (C(OH)–C–C–N with tert-alkyl or cyclic N) is 1. The molecule has 1 aromatic rings. The summed E-state index contributed by atoms with van der Waals surface area (Å²) < 4.78 is 0. The third-order valence-electron chi connectivity index (χ3n) is 4.30. The number of halogens is 1. The Hall–Kier alpha value is -1.33. The van der Waals surface area contributed by atoms with Crippen molar-refractivity contribution < 1.29 is 9.90 Å². The molecule has 3 rings (SSSR count). The third kappa shape index (κ3) is 2.85. The lowest BCUT2D eigenvalue weighted by Gasteiger charge is -2.40. The van der Waals surface area contributed by atoms with Crippen LogP contribution in [-0.2, 0) is 4.79 Å². The molecule has 0 bridgehead atoms. The first-order valence-corrected chi connectivity index (χ1v) is 7.85. The molecule has 6 heteroatoms. The van der Waals surface area contributed by atoms with Gasteiger partial charge in [0.2, 0.25) is 0 Å². The molecule has 0 spiro atoms. The first kappa shape index (κ1) is 14.6. The van der Waals surface area contributed by atoms with Crippen molar-refractivity contribution >= 4 is 23.3 Å². The number of rotatable bonds is 2. The molecule has 2 saturated heterocycles. The van der Waals surface area contributed by atoms with E-state index in [2.05, 4.69) is 4.98 Å². The number of piperidine rings is 1. The van der Waals surface area contributed by atoms with Crippen molar-refractivity contribution in [2.75, 3.05) is 31.1 Å². The van der Waals surface area contributed by atoms with Gasteiger partial charge in [-0.2, -0.15) is 0 Å². The average molecular weight is 310 g/mol. The minimum atomic E-state index is -1.32. The Morgan fingerprint density at radius 2 is 2.05 bits per heavy atom. The SMILES string of the molecule is O=C(N1CCCC1)C1(O)CCCN(c2ncccc2Cl)C1. The number of aliphatic hydroxyl groups is 1. The van der Waals surface area contributed by atoms with E-state index < -0.39 is 5.60 Å². The van der Waals surface area contributed by atoms with Gasteiger partial charge in [-0.25, -0.2) is 4.98 Å². The third-order valence-corrected chi connectivity index (χ3v) is 4.60. The van der Waals surface area contributed by atoms with Crippen molar-refractivity contribution in [3.63, 3.8) is 0 Å². The number of hydrogen-bond acceptors (Lipinski definition) is 4. The Kier molecular flexibility index (Phi) is 4.04. The quantitative estimate of drug-likeness (QED) is 0.903. The number of carbonyl (C=O) groups is 1. The molecule has 2 aliphatic rings. The van der Waals surface area contributed by atoms with Crippen molar-refractivity contribution in [3.8, 4) is 0 Å². The van der Waals surface area contributed by atoms with E-state index in [0.29, 0.717) is 17.3 Å². The number of anilines is 1. The number of hydrogen-bond donors (Lipinski definition) is 1. The summed E-state index contributed by atoms with van der Waals surface area (Å²) in [5, 5.41) is 11.4. The van der Waals surface area contributed by atoms with Gasteiger partial charge in [0.25, 0.3) is 5.91 Å². The van der Waals surface area contributed by atoms with Gasteiger partial charge in [-0.1, -0.05) is 11.6 Å². The van der Waals surface area contributed by atoms with Crippen LogP contribution in [-0.4, -0.2) is 52.7 Å². The van der Waals surface area contributed by atoms with E-state index in [-0.39, 0.29) is 12.5 Å². The van der Waals surface area contributed by atoms with Crippen molar-refractivity contribution in [1.82, 2.24) is 9.88 Å². The van der Waals surface area contributed by atoms with Gasteiger partial charge in [0.1, 0.15) is 5.82 Å². The molecule has 0 saturated carbocycles. The summed E-state index contributed by atoms with van der Waals surface area (Å²) in [5.74, 6) is 0.503. The molecule has 1 amide bonds. The average Bonchev–Trinajstić information content (AvgIpc) is 3.01. The van der Waals surface area contributed by atoms with Crippen LogP contribution in [0.4, 0.5) is 5.82 Å². The fourth-order valence-electron chi connectivity index (χ4n) is 3.22. The lowest BCUT2D eigenvalue weighted by Crippen LogP contribution is -2.58. The van der Waals surface area contributed by atoms with E-state index in [1.165, 1.54) is 0 Å². The number of nitrogens with zero attached hydrogens (tertiary/aromatic N) is 3. The van der Waals surface area contributed by atoms with Gasteiger partial charge in [-0.05, 0) is 37.8 Å². The zero-order chi connectivity index (χ0) is 14.9. The number of pyridine rings is 1. The first-order valence-electron chi connectivity index (χ1n) is 7.47. The van der Waals surface area contributed by atoms with Crippen LogP contribution in [0.3, 0.4) is 0 Å². The monoisotopic (exact) mass is 309 g/mol. The van der Waals surface area contributed by atoms with Crippen molar-refractivity contribution in [3.05, 3.63) is 23.4 Å². The van der Waals surface area contributed by atoms with E-state index in [4.69, 9.17) is 11.6 Å². The normalized spacial score (nSPS) is 26.2. The highest BCUT2D eigenvalue weighted by molar-refractivity contribution is 6.32. The highest BCUT2D eigenvalue weighted by Gasteiger charge is 2.43. The van der Waals surface area contributed by atoms with Crippen LogP contribution in [0, 0.1) is 0 Å². The summed E-state index contributed by atoms with van der Waals surface area (Å²) in [6.45, 7) is 2.53. The van der Waals surface area contributed by atoms with Gasteiger partial charge in [-0.15, -0.1) is 0 Å². The summed E-state index contributed by atoms with van der Waals surface area (Å²) in [7, 11) is 0. The molecule has 1 aromatic heterocycles. The van der Waals surface area contributed by atoms with Crippen LogP contribution in [0.2, 0.25) is 5.02 Å². The molecule has 0 aromatic carbocycles. The van der Waals surface area contributed by atoms with Crippen LogP contribution in [0.15, 0.2) is 18.3 Å². The van der Waals surface area contributed by atoms with E-state index in [1.807, 2.05) is 4.90 Å². The fourth-order valence-corrected chi connectivity index (χ4v) is 3.46. The lowest BCUT2D eigenvalue weighted by molar-refractivity contribution is -0.151. The van der Waals surface area contributed by atoms with E-state index in [0.717, 1.165) is 38.9 Å². The highest BCUT2D eigenvalue weighted by atomic mass is 35.5. The second-order valence-corrected chi connectivity index (χ2v) is 6.27. The molecular formula is C15H20ClN3O2. The molecule has 1 atom stereocenters. The zero-order valence-electron chi connectivity index (χ0n) is 12.0. The topological polar surface area (TPSA) is 56.7 Å². The van der Waals surface area contributed by atoms with Crippen molar-refractivity contribution in [2.45, 2.75) is 31.3 Å². The Labute approximate surface area is 129 Å². The Balaban J connectivity index is 1.78. The van der Waals surface area contributed by atoms with E-state index in [1.54, 1.807) is 23.2 Å². The van der Waals surface area contributed by atoms with Crippen LogP contribution in [0.1, 0.15) is 25.7 Å². The minimum absolute atomic E-state index is 0.142. The summed E-state index contributed by atoms with van der Waals surface area (Å²) in [5.41, 5.74) is -1.32. The maximum Gasteiger partial charge on any atom is 0.256 e. The molecule has 21 heavy (non-hydrogen) atoms. The summed E-state index contributed by atoms with van der Waals surface area (Å²) in [6, 6.07) is 3.55. The number of aromatic nitrogens is 1. The zero-order valence-corrected chi connectivity index (χ0v) is 12.7. The van der Waals surface area contributed by atoms with Gasteiger partial charge in [0, 0.05) is 25.8 Å². The fraction of sp³-hybridized carbons (Fsp3) is 0.600. The maximum atomic E-state index is 12.6. The molecule has 0 aliphatic carbocycles. The number of likely N-dealkylation sites (tertiary alicyclic amines) is 1. The first-order chi connectivity index (χ1) is 10.1. The molecular weight excluding hydrogens is 290 g/mol. The molecule has 5 nitrogen and oxygen atoms in total. The van der Waals surface area contributed by atoms with E-state index in [9.17, 15) is 9.90 Å². The van der Waals surface area contributed by atoms with Gasteiger partial charge < -0.3 is 14.9 Å². The van der Waals surface area contributed by atoms with Crippen molar-refractivity contribution in [1.29, 1.82) is 0 Å². The largest absolute Gasteiger partial charge is 0.378 e. The second kappa shape index (κ2) is 5.81. The van der Waals surface area contributed by atoms with Crippen LogP contribution in [0.25, 0.3) is 0 Å². The molecule has 2 aliphatic heterocycles. The Bertz CT molecular complexity index is 533. The van der Waals surface area contributed by atoms with Crippen LogP contribution >= 0.6 is 11.6 Å². The molecule has 0 radical (unpaired) electrons. The van der Waals surface area contributed by atoms with Gasteiger partial charge >= 0.3 is 0 Å². The summed E-state index contributed by atoms with van der Waals surface area (Å²) >= 11 is 6.18. The predicted octanol–water partition coefficient (Wildman–Crippen LogP) is 1.69. The number of amides is 1. The molecule has 3 heterocycles.